The number of hydrogen-bond acceptors (Lipinski definition) is 4. The molecule has 1 aliphatic rings. The van der Waals surface area contributed by atoms with Crippen molar-refractivity contribution in [2.75, 3.05) is 20.1 Å². The van der Waals surface area contributed by atoms with Gasteiger partial charge in [0.05, 0.1) is 12.2 Å². The minimum Gasteiger partial charge on any atom is -0.337 e. The van der Waals surface area contributed by atoms with Crippen molar-refractivity contribution in [2.24, 2.45) is 0 Å². The molecule has 1 atom stereocenters. The minimum absolute atomic E-state index is 0. The van der Waals surface area contributed by atoms with Gasteiger partial charge in [-0.3, -0.25) is 4.79 Å². The lowest BCUT2D eigenvalue weighted by Gasteiger charge is -2.24. The normalized spacial score (nSPS) is 16.0. The van der Waals surface area contributed by atoms with Crippen LogP contribution in [0.1, 0.15) is 41.9 Å². The minimum atomic E-state index is -0.0957. The van der Waals surface area contributed by atoms with Gasteiger partial charge in [-0.05, 0) is 57.0 Å². The predicted molar refractivity (Wildman–Crippen MR) is 105 cm³/mol. The Morgan fingerprint density at radius 1 is 1.35 bits per heavy atom. The standard InChI is InChI=1S/C18H24ClN5O.ClH/c1-13(11-14-3-5-15(19)6-4-14)23(2)18(25)17-12-24(22-21-17)16-7-9-20-10-8-16;/h3-6,12-13,16,20H,7-11H2,1-2H3;1H. The average Bonchev–Trinajstić information content (AvgIpc) is 3.13. The molecule has 2 aromatic rings. The van der Waals surface area contributed by atoms with Crippen molar-refractivity contribution < 1.29 is 4.79 Å². The molecule has 142 valence electrons. The van der Waals surface area contributed by atoms with Crippen LogP contribution in [-0.2, 0) is 6.42 Å². The highest BCUT2D eigenvalue weighted by molar-refractivity contribution is 6.30. The van der Waals surface area contributed by atoms with E-state index in [1.54, 1.807) is 11.1 Å². The van der Waals surface area contributed by atoms with Gasteiger partial charge in [-0.1, -0.05) is 28.9 Å². The van der Waals surface area contributed by atoms with Crippen LogP contribution in [0.25, 0.3) is 0 Å². The van der Waals surface area contributed by atoms with E-state index < -0.39 is 0 Å². The van der Waals surface area contributed by atoms with E-state index in [9.17, 15) is 4.79 Å². The van der Waals surface area contributed by atoms with Gasteiger partial charge in [0.25, 0.3) is 5.91 Å². The molecule has 3 rings (SSSR count). The maximum absolute atomic E-state index is 12.7. The topological polar surface area (TPSA) is 63.1 Å². The molecule has 1 aromatic heterocycles. The van der Waals surface area contributed by atoms with Crippen molar-refractivity contribution in [3.05, 3.63) is 46.7 Å². The molecule has 8 heteroatoms. The molecule has 0 radical (unpaired) electrons. The van der Waals surface area contributed by atoms with Gasteiger partial charge in [-0.25, -0.2) is 4.68 Å². The fourth-order valence-corrected chi connectivity index (χ4v) is 3.23. The Balaban J connectivity index is 0.00000243. The van der Waals surface area contributed by atoms with Gasteiger partial charge in [0.15, 0.2) is 5.69 Å². The SMILES string of the molecule is CC(Cc1ccc(Cl)cc1)N(C)C(=O)c1cn(C2CCNCC2)nn1.Cl. The second-order valence-electron chi connectivity index (χ2n) is 6.66. The Bertz CT molecular complexity index is 713. The third-order valence-electron chi connectivity index (χ3n) is 4.84. The summed E-state index contributed by atoms with van der Waals surface area (Å²) in [5.41, 5.74) is 1.55. The first-order chi connectivity index (χ1) is 12.0. The molecule has 1 fully saturated rings. The second-order valence-corrected chi connectivity index (χ2v) is 7.10. The number of likely N-dealkylation sites (N-methyl/N-ethyl adjacent to an activating group) is 1. The summed E-state index contributed by atoms with van der Waals surface area (Å²) in [6.45, 7) is 3.99. The molecule has 1 amide bonds. The number of aromatic nitrogens is 3. The molecule has 6 nitrogen and oxygen atoms in total. The van der Waals surface area contributed by atoms with Crippen molar-refractivity contribution in [3.63, 3.8) is 0 Å². The molecule has 1 N–H and O–H groups in total. The van der Waals surface area contributed by atoms with Crippen LogP contribution >= 0.6 is 24.0 Å². The first-order valence-corrected chi connectivity index (χ1v) is 9.06. The average molecular weight is 398 g/mol. The summed E-state index contributed by atoms with van der Waals surface area (Å²) in [6, 6.07) is 8.10. The number of nitrogens with zero attached hydrogens (tertiary/aromatic N) is 4. The quantitative estimate of drug-likeness (QED) is 0.841. The lowest BCUT2D eigenvalue weighted by atomic mass is 10.1. The van der Waals surface area contributed by atoms with E-state index in [0.717, 1.165) is 42.9 Å². The van der Waals surface area contributed by atoms with E-state index in [-0.39, 0.29) is 24.4 Å². The summed E-state index contributed by atoms with van der Waals surface area (Å²) < 4.78 is 1.84. The van der Waals surface area contributed by atoms with Crippen molar-refractivity contribution in [1.82, 2.24) is 25.2 Å². The Labute approximate surface area is 165 Å². The third-order valence-corrected chi connectivity index (χ3v) is 5.09. The lowest BCUT2D eigenvalue weighted by Crippen LogP contribution is -2.36. The first kappa shape index (κ1) is 20.7. The summed E-state index contributed by atoms with van der Waals surface area (Å²) in [4.78, 5) is 14.4. The summed E-state index contributed by atoms with van der Waals surface area (Å²) in [5.74, 6) is -0.0957. The summed E-state index contributed by atoms with van der Waals surface area (Å²) in [5, 5.41) is 12.3. The van der Waals surface area contributed by atoms with Crippen LogP contribution in [0.5, 0.6) is 0 Å². The van der Waals surface area contributed by atoms with E-state index in [4.69, 9.17) is 11.6 Å². The number of rotatable bonds is 5. The molecule has 26 heavy (non-hydrogen) atoms. The van der Waals surface area contributed by atoms with Crippen LogP contribution in [-0.4, -0.2) is 52.0 Å². The number of carbonyl (C=O) groups excluding carboxylic acids is 1. The summed E-state index contributed by atoms with van der Waals surface area (Å²) >= 11 is 5.92. The van der Waals surface area contributed by atoms with Gasteiger partial charge in [0.1, 0.15) is 0 Å². The zero-order chi connectivity index (χ0) is 17.8. The number of piperidine rings is 1. The number of nitrogens with one attached hydrogen (secondary N) is 1. The van der Waals surface area contributed by atoms with Gasteiger partial charge in [0.2, 0.25) is 0 Å². The Kier molecular flexibility index (Phi) is 7.43. The largest absolute Gasteiger partial charge is 0.337 e. The molecule has 1 aliphatic heterocycles. The van der Waals surface area contributed by atoms with Crippen LogP contribution in [0.15, 0.2) is 30.5 Å². The Morgan fingerprint density at radius 2 is 2.00 bits per heavy atom. The highest BCUT2D eigenvalue weighted by atomic mass is 35.5. The highest BCUT2D eigenvalue weighted by Crippen LogP contribution is 2.18. The van der Waals surface area contributed by atoms with E-state index >= 15 is 0 Å². The molecule has 1 unspecified atom stereocenters. The molecule has 0 bridgehead atoms. The highest BCUT2D eigenvalue weighted by Gasteiger charge is 2.23. The molecule has 0 saturated carbocycles. The smallest absolute Gasteiger partial charge is 0.276 e. The number of benzene rings is 1. The Morgan fingerprint density at radius 3 is 2.65 bits per heavy atom. The predicted octanol–water partition coefficient (Wildman–Crippen LogP) is 2.98. The zero-order valence-corrected chi connectivity index (χ0v) is 16.6. The van der Waals surface area contributed by atoms with Crippen LogP contribution in [0.4, 0.5) is 0 Å². The van der Waals surface area contributed by atoms with Gasteiger partial charge in [-0.15, -0.1) is 17.5 Å². The maximum Gasteiger partial charge on any atom is 0.276 e. The number of hydrogen-bond donors (Lipinski definition) is 1. The molecule has 0 aliphatic carbocycles. The fraction of sp³-hybridized carbons (Fsp3) is 0.500. The van der Waals surface area contributed by atoms with Crippen molar-refractivity contribution in [2.45, 2.75) is 38.3 Å². The van der Waals surface area contributed by atoms with E-state index in [1.807, 2.05) is 42.9 Å². The van der Waals surface area contributed by atoms with Crippen molar-refractivity contribution in [3.8, 4) is 0 Å². The number of halogens is 2. The van der Waals surface area contributed by atoms with Gasteiger partial charge >= 0.3 is 0 Å². The van der Waals surface area contributed by atoms with Crippen molar-refractivity contribution in [1.29, 1.82) is 0 Å². The summed E-state index contributed by atoms with van der Waals surface area (Å²) in [7, 11) is 1.81. The van der Waals surface area contributed by atoms with Gasteiger partial charge < -0.3 is 10.2 Å². The molecule has 2 heterocycles. The molecule has 1 aromatic carbocycles. The zero-order valence-electron chi connectivity index (χ0n) is 15.1. The Hall–Kier alpha value is -1.63. The molecule has 0 spiro atoms. The maximum atomic E-state index is 12.7. The third kappa shape index (κ3) is 4.96. The molecular weight excluding hydrogens is 373 g/mol. The van der Waals surface area contributed by atoms with E-state index in [1.165, 1.54) is 0 Å². The van der Waals surface area contributed by atoms with Gasteiger partial charge in [-0.2, -0.15) is 0 Å². The van der Waals surface area contributed by atoms with E-state index in [0.29, 0.717) is 11.7 Å². The lowest BCUT2D eigenvalue weighted by molar-refractivity contribution is 0.0737. The molecular formula is C18H25Cl2N5O. The fourth-order valence-electron chi connectivity index (χ4n) is 3.10. The molecule has 1 saturated heterocycles. The summed E-state index contributed by atoms with van der Waals surface area (Å²) in [6.07, 6.45) is 4.57. The second kappa shape index (κ2) is 9.35. The van der Waals surface area contributed by atoms with Crippen LogP contribution in [0.2, 0.25) is 5.02 Å². The number of amides is 1. The van der Waals surface area contributed by atoms with Gasteiger partial charge in [0, 0.05) is 18.1 Å². The van der Waals surface area contributed by atoms with Crippen LogP contribution in [0, 0.1) is 0 Å². The van der Waals surface area contributed by atoms with Crippen molar-refractivity contribution >= 4 is 29.9 Å². The van der Waals surface area contributed by atoms with Crippen LogP contribution in [0.3, 0.4) is 0 Å². The number of carbonyl (C=O) groups is 1. The first-order valence-electron chi connectivity index (χ1n) is 8.68. The monoisotopic (exact) mass is 397 g/mol. The van der Waals surface area contributed by atoms with Crippen LogP contribution < -0.4 is 5.32 Å². The van der Waals surface area contributed by atoms with E-state index in [2.05, 4.69) is 15.6 Å².